The molecule has 0 aliphatic rings. The fourth-order valence-corrected chi connectivity index (χ4v) is 2.57. The van der Waals surface area contributed by atoms with Gasteiger partial charge in [0.25, 0.3) is 5.91 Å². The summed E-state index contributed by atoms with van der Waals surface area (Å²) in [7, 11) is 0. The number of anilines is 2. The topological polar surface area (TPSA) is 80.9 Å². The SMILES string of the molecule is Cc1nc(NC(=O)c2cc(N)nc(C(C)(C)C)c2)sc1C. The van der Waals surface area contributed by atoms with Crippen molar-refractivity contribution in [3.05, 3.63) is 34.0 Å². The van der Waals surface area contributed by atoms with E-state index in [1.807, 2.05) is 34.6 Å². The number of aromatic nitrogens is 2. The van der Waals surface area contributed by atoms with E-state index in [0.29, 0.717) is 16.5 Å². The molecule has 0 atom stereocenters. The number of nitrogen functional groups attached to an aromatic ring is 1. The molecule has 0 aliphatic heterocycles. The van der Waals surface area contributed by atoms with Gasteiger partial charge in [-0.3, -0.25) is 10.1 Å². The zero-order valence-corrected chi connectivity index (χ0v) is 13.8. The molecule has 3 N–H and O–H groups in total. The standard InChI is InChI=1S/C15H20N4OS/c1-8-9(2)21-14(17-8)19-13(20)10-6-11(15(3,4)5)18-12(16)7-10/h6-7H,1-5H3,(H2,16,18)(H,17,19,20). The minimum atomic E-state index is -0.219. The molecule has 0 fully saturated rings. The molecular weight excluding hydrogens is 284 g/mol. The van der Waals surface area contributed by atoms with Crippen LogP contribution in [0.4, 0.5) is 10.9 Å². The van der Waals surface area contributed by atoms with Crippen LogP contribution in [0.5, 0.6) is 0 Å². The summed E-state index contributed by atoms with van der Waals surface area (Å²) in [5, 5.41) is 3.41. The average Bonchev–Trinajstić information content (AvgIpc) is 2.66. The Balaban J connectivity index is 2.29. The minimum Gasteiger partial charge on any atom is -0.384 e. The molecule has 0 unspecified atom stereocenters. The van der Waals surface area contributed by atoms with Crippen LogP contribution in [-0.2, 0) is 5.41 Å². The van der Waals surface area contributed by atoms with Crippen LogP contribution >= 0.6 is 11.3 Å². The Morgan fingerprint density at radius 3 is 2.43 bits per heavy atom. The lowest BCUT2D eigenvalue weighted by Gasteiger charge is -2.18. The van der Waals surface area contributed by atoms with Crippen LogP contribution in [0.25, 0.3) is 0 Å². The predicted molar refractivity (Wildman–Crippen MR) is 86.9 cm³/mol. The monoisotopic (exact) mass is 304 g/mol. The molecule has 2 aromatic rings. The van der Waals surface area contributed by atoms with Gasteiger partial charge in [-0.1, -0.05) is 20.8 Å². The van der Waals surface area contributed by atoms with Gasteiger partial charge >= 0.3 is 0 Å². The number of nitrogens with one attached hydrogen (secondary N) is 1. The highest BCUT2D eigenvalue weighted by molar-refractivity contribution is 7.15. The summed E-state index contributed by atoms with van der Waals surface area (Å²) in [5.74, 6) is 0.127. The van der Waals surface area contributed by atoms with Gasteiger partial charge in [-0.2, -0.15) is 0 Å². The van der Waals surface area contributed by atoms with E-state index in [0.717, 1.165) is 16.3 Å². The first-order valence-corrected chi connectivity index (χ1v) is 7.52. The maximum atomic E-state index is 12.3. The third kappa shape index (κ3) is 3.58. The lowest BCUT2D eigenvalue weighted by Crippen LogP contribution is -2.18. The molecule has 0 aromatic carbocycles. The normalized spacial score (nSPS) is 11.5. The predicted octanol–water partition coefficient (Wildman–Crippen LogP) is 3.29. The molecule has 112 valence electrons. The second-order valence-corrected chi connectivity index (χ2v) is 7.23. The van der Waals surface area contributed by atoms with Crippen molar-refractivity contribution in [3.8, 4) is 0 Å². The first kappa shape index (κ1) is 15.4. The number of amides is 1. The Hall–Kier alpha value is -1.95. The van der Waals surface area contributed by atoms with E-state index >= 15 is 0 Å². The van der Waals surface area contributed by atoms with Crippen molar-refractivity contribution in [2.24, 2.45) is 0 Å². The van der Waals surface area contributed by atoms with Gasteiger partial charge in [0, 0.05) is 21.5 Å². The van der Waals surface area contributed by atoms with Crippen molar-refractivity contribution >= 4 is 28.2 Å². The van der Waals surface area contributed by atoms with Crippen LogP contribution in [0, 0.1) is 13.8 Å². The van der Waals surface area contributed by atoms with Gasteiger partial charge in [0.15, 0.2) is 5.13 Å². The molecule has 0 saturated heterocycles. The van der Waals surface area contributed by atoms with E-state index < -0.39 is 0 Å². The fraction of sp³-hybridized carbons (Fsp3) is 0.400. The van der Waals surface area contributed by atoms with Gasteiger partial charge in [-0.15, -0.1) is 11.3 Å². The van der Waals surface area contributed by atoms with E-state index in [1.165, 1.54) is 11.3 Å². The number of rotatable bonds is 2. The summed E-state index contributed by atoms with van der Waals surface area (Å²) < 4.78 is 0. The number of carbonyl (C=O) groups is 1. The quantitative estimate of drug-likeness (QED) is 0.892. The highest BCUT2D eigenvalue weighted by atomic mass is 32.1. The van der Waals surface area contributed by atoms with Crippen molar-refractivity contribution in [2.75, 3.05) is 11.1 Å². The molecule has 0 radical (unpaired) electrons. The molecule has 2 aromatic heterocycles. The number of nitrogens with zero attached hydrogens (tertiary/aromatic N) is 2. The molecule has 6 heteroatoms. The van der Waals surface area contributed by atoms with Crippen LogP contribution in [0.15, 0.2) is 12.1 Å². The maximum Gasteiger partial charge on any atom is 0.257 e. The van der Waals surface area contributed by atoms with Crippen LogP contribution < -0.4 is 11.1 Å². The Bertz CT molecular complexity index is 666. The molecule has 21 heavy (non-hydrogen) atoms. The van der Waals surface area contributed by atoms with Gasteiger partial charge in [0.1, 0.15) is 5.82 Å². The average molecular weight is 304 g/mol. The maximum absolute atomic E-state index is 12.3. The van der Waals surface area contributed by atoms with Crippen molar-refractivity contribution in [1.29, 1.82) is 0 Å². The van der Waals surface area contributed by atoms with Crippen molar-refractivity contribution in [3.63, 3.8) is 0 Å². The van der Waals surface area contributed by atoms with Gasteiger partial charge in [0.2, 0.25) is 0 Å². The third-order valence-corrected chi connectivity index (χ3v) is 4.11. The summed E-state index contributed by atoms with van der Waals surface area (Å²) in [6.07, 6.45) is 0. The van der Waals surface area contributed by atoms with Crippen LogP contribution in [0.1, 0.15) is 47.4 Å². The number of carbonyl (C=O) groups excluding carboxylic acids is 1. The molecular formula is C15H20N4OS. The molecule has 0 spiro atoms. The van der Waals surface area contributed by atoms with Crippen molar-refractivity contribution in [1.82, 2.24) is 9.97 Å². The zero-order chi connectivity index (χ0) is 15.8. The fourth-order valence-electron chi connectivity index (χ4n) is 1.76. The van der Waals surface area contributed by atoms with Crippen LogP contribution in [0.3, 0.4) is 0 Å². The Labute approximate surface area is 128 Å². The first-order chi connectivity index (χ1) is 9.66. The van der Waals surface area contributed by atoms with Crippen molar-refractivity contribution < 1.29 is 4.79 Å². The Morgan fingerprint density at radius 2 is 1.90 bits per heavy atom. The second kappa shape index (κ2) is 5.44. The van der Waals surface area contributed by atoms with E-state index in [2.05, 4.69) is 15.3 Å². The zero-order valence-electron chi connectivity index (χ0n) is 12.9. The van der Waals surface area contributed by atoms with E-state index in [4.69, 9.17) is 5.73 Å². The smallest absolute Gasteiger partial charge is 0.257 e. The third-order valence-electron chi connectivity index (χ3n) is 3.12. The molecule has 0 bridgehead atoms. The highest BCUT2D eigenvalue weighted by Gasteiger charge is 2.19. The number of aryl methyl sites for hydroxylation is 2. The largest absolute Gasteiger partial charge is 0.384 e. The first-order valence-electron chi connectivity index (χ1n) is 6.70. The van der Waals surface area contributed by atoms with E-state index in [9.17, 15) is 4.79 Å². The summed E-state index contributed by atoms with van der Waals surface area (Å²) in [5.41, 5.74) is 7.86. The van der Waals surface area contributed by atoms with E-state index in [1.54, 1.807) is 12.1 Å². The lowest BCUT2D eigenvalue weighted by atomic mass is 9.90. The number of pyridine rings is 1. The number of hydrogen-bond donors (Lipinski definition) is 2. The molecule has 2 heterocycles. The molecule has 5 nitrogen and oxygen atoms in total. The molecule has 1 amide bonds. The number of nitrogens with two attached hydrogens (primary N) is 1. The van der Waals surface area contributed by atoms with Gasteiger partial charge in [-0.05, 0) is 26.0 Å². The van der Waals surface area contributed by atoms with Gasteiger partial charge in [-0.25, -0.2) is 9.97 Å². The minimum absolute atomic E-state index is 0.168. The Kier molecular flexibility index (Phi) is 4.00. The van der Waals surface area contributed by atoms with Crippen LogP contribution in [-0.4, -0.2) is 15.9 Å². The Morgan fingerprint density at radius 1 is 1.24 bits per heavy atom. The van der Waals surface area contributed by atoms with Crippen molar-refractivity contribution in [2.45, 2.75) is 40.0 Å². The summed E-state index contributed by atoms with van der Waals surface area (Å²) in [4.78, 5) is 22.0. The molecule has 2 rings (SSSR count). The summed E-state index contributed by atoms with van der Waals surface area (Å²) in [6, 6.07) is 3.36. The van der Waals surface area contributed by atoms with Gasteiger partial charge in [0.05, 0.1) is 5.69 Å². The van der Waals surface area contributed by atoms with Crippen LogP contribution in [0.2, 0.25) is 0 Å². The molecule has 0 saturated carbocycles. The summed E-state index contributed by atoms with van der Waals surface area (Å²) >= 11 is 1.46. The second-order valence-electron chi connectivity index (χ2n) is 6.03. The summed E-state index contributed by atoms with van der Waals surface area (Å²) in [6.45, 7) is 9.99. The lowest BCUT2D eigenvalue weighted by molar-refractivity contribution is 0.102. The van der Waals surface area contributed by atoms with E-state index in [-0.39, 0.29) is 11.3 Å². The number of hydrogen-bond acceptors (Lipinski definition) is 5. The van der Waals surface area contributed by atoms with Gasteiger partial charge < -0.3 is 5.73 Å². The number of thiazole rings is 1. The molecule has 0 aliphatic carbocycles. The highest BCUT2D eigenvalue weighted by Crippen LogP contribution is 2.24.